The zero-order valence-electron chi connectivity index (χ0n) is 16.8. The van der Waals surface area contributed by atoms with Crippen molar-refractivity contribution in [3.8, 4) is 11.5 Å². The molecule has 7 nitrogen and oxygen atoms in total. The minimum Gasteiger partial charge on any atom is -0.490 e. The Morgan fingerprint density at radius 1 is 0.833 bits per heavy atom. The number of aryl methyl sites for hydroxylation is 1. The van der Waals surface area contributed by atoms with Crippen LogP contribution in [0.1, 0.15) is 16.7 Å². The van der Waals surface area contributed by atoms with Crippen molar-refractivity contribution in [3.63, 3.8) is 0 Å². The van der Waals surface area contributed by atoms with Crippen molar-refractivity contribution in [2.75, 3.05) is 20.3 Å². The van der Waals surface area contributed by atoms with Crippen molar-refractivity contribution in [3.05, 3.63) is 99.6 Å². The van der Waals surface area contributed by atoms with E-state index in [0.29, 0.717) is 24.7 Å². The highest BCUT2D eigenvalue weighted by Crippen LogP contribution is 2.19. The maximum absolute atomic E-state index is 10.7. The van der Waals surface area contributed by atoms with E-state index in [1.165, 1.54) is 24.8 Å². The van der Waals surface area contributed by atoms with Crippen molar-refractivity contribution in [2.24, 2.45) is 5.16 Å². The highest BCUT2D eigenvalue weighted by Gasteiger charge is 2.09. The molecule has 0 N–H and O–H groups in total. The molecule has 3 aromatic carbocycles. The molecule has 3 aromatic rings. The van der Waals surface area contributed by atoms with E-state index in [-0.39, 0.29) is 5.69 Å². The van der Waals surface area contributed by atoms with Crippen LogP contribution in [0.4, 0.5) is 5.69 Å². The Hall–Kier alpha value is -3.87. The SMILES string of the molecule is CO/N=C(\c1ccc(C)cc1)c1ccc(OCCOc2ccc([N+](=O)[O-])cc2)cc1. The second-order valence-corrected chi connectivity index (χ2v) is 6.46. The van der Waals surface area contributed by atoms with E-state index in [4.69, 9.17) is 14.3 Å². The number of hydrogen-bond donors (Lipinski definition) is 0. The van der Waals surface area contributed by atoms with Crippen molar-refractivity contribution >= 4 is 11.4 Å². The van der Waals surface area contributed by atoms with Crippen LogP contribution in [-0.4, -0.2) is 31.0 Å². The van der Waals surface area contributed by atoms with Gasteiger partial charge in [0.1, 0.15) is 37.5 Å². The number of hydrogen-bond acceptors (Lipinski definition) is 6. The van der Waals surface area contributed by atoms with E-state index in [1.54, 1.807) is 12.1 Å². The van der Waals surface area contributed by atoms with E-state index in [9.17, 15) is 10.1 Å². The van der Waals surface area contributed by atoms with Gasteiger partial charge in [-0.05, 0) is 43.3 Å². The van der Waals surface area contributed by atoms with Crippen LogP contribution in [0.2, 0.25) is 0 Å². The zero-order chi connectivity index (χ0) is 21.3. The molecule has 0 unspecified atom stereocenters. The van der Waals surface area contributed by atoms with Gasteiger partial charge in [0.15, 0.2) is 0 Å². The largest absolute Gasteiger partial charge is 0.490 e. The van der Waals surface area contributed by atoms with Gasteiger partial charge in [-0.3, -0.25) is 10.1 Å². The molecule has 0 aromatic heterocycles. The molecule has 0 aliphatic heterocycles. The number of non-ortho nitro benzene ring substituents is 1. The Morgan fingerprint density at radius 2 is 1.30 bits per heavy atom. The van der Waals surface area contributed by atoms with Gasteiger partial charge in [-0.1, -0.05) is 35.0 Å². The normalized spacial score (nSPS) is 11.1. The van der Waals surface area contributed by atoms with E-state index in [0.717, 1.165) is 16.8 Å². The van der Waals surface area contributed by atoms with E-state index in [1.807, 2.05) is 55.5 Å². The smallest absolute Gasteiger partial charge is 0.269 e. The second-order valence-electron chi connectivity index (χ2n) is 6.46. The molecule has 0 aliphatic carbocycles. The number of ether oxygens (including phenoxy) is 2. The third-order valence-corrected chi connectivity index (χ3v) is 4.30. The Kier molecular flexibility index (Phi) is 7.00. The number of benzene rings is 3. The summed E-state index contributed by atoms with van der Waals surface area (Å²) in [6.07, 6.45) is 0. The van der Waals surface area contributed by atoms with Crippen LogP contribution in [0.15, 0.2) is 78.0 Å². The maximum Gasteiger partial charge on any atom is 0.269 e. The first-order chi connectivity index (χ1) is 14.6. The molecule has 7 heteroatoms. The van der Waals surface area contributed by atoms with Crippen LogP contribution in [0.5, 0.6) is 11.5 Å². The fraction of sp³-hybridized carbons (Fsp3) is 0.174. The van der Waals surface area contributed by atoms with Gasteiger partial charge < -0.3 is 14.3 Å². The first kappa shape index (κ1) is 20.9. The van der Waals surface area contributed by atoms with E-state index < -0.39 is 4.92 Å². The van der Waals surface area contributed by atoms with Gasteiger partial charge >= 0.3 is 0 Å². The molecule has 0 bridgehead atoms. The third kappa shape index (κ3) is 5.57. The topological polar surface area (TPSA) is 83.2 Å². The molecule has 0 aliphatic rings. The zero-order valence-corrected chi connectivity index (χ0v) is 16.8. The lowest BCUT2D eigenvalue weighted by molar-refractivity contribution is -0.384. The summed E-state index contributed by atoms with van der Waals surface area (Å²) in [6.45, 7) is 2.70. The molecule has 0 saturated carbocycles. The van der Waals surface area contributed by atoms with Gasteiger partial charge in [-0.25, -0.2) is 0 Å². The minimum atomic E-state index is -0.446. The summed E-state index contributed by atoms with van der Waals surface area (Å²) >= 11 is 0. The van der Waals surface area contributed by atoms with Crippen LogP contribution in [0.3, 0.4) is 0 Å². The third-order valence-electron chi connectivity index (χ3n) is 4.30. The molecule has 3 rings (SSSR count). The summed E-state index contributed by atoms with van der Waals surface area (Å²) in [5, 5.41) is 14.8. The lowest BCUT2D eigenvalue weighted by Gasteiger charge is -2.10. The molecule has 0 amide bonds. The van der Waals surface area contributed by atoms with Gasteiger partial charge in [-0.15, -0.1) is 0 Å². The van der Waals surface area contributed by atoms with Gasteiger partial charge in [0.2, 0.25) is 0 Å². The number of nitrogens with zero attached hydrogens (tertiary/aromatic N) is 2. The molecule has 0 atom stereocenters. The van der Waals surface area contributed by atoms with Crippen molar-refractivity contribution in [2.45, 2.75) is 6.92 Å². The predicted octanol–water partition coefficient (Wildman–Crippen LogP) is 4.76. The Morgan fingerprint density at radius 3 is 1.77 bits per heavy atom. The summed E-state index contributed by atoms with van der Waals surface area (Å²) in [5.41, 5.74) is 3.82. The lowest BCUT2D eigenvalue weighted by atomic mass is 10.0. The first-order valence-corrected chi connectivity index (χ1v) is 9.35. The number of nitro groups is 1. The Balaban J connectivity index is 1.55. The molecule has 30 heavy (non-hydrogen) atoms. The molecular formula is C23H22N2O5. The quantitative estimate of drug-likeness (QED) is 0.221. The van der Waals surface area contributed by atoms with Crippen molar-refractivity contribution in [1.29, 1.82) is 0 Å². The molecule has 0 radical (unpaired) electrons. The van der Waals surface area contributed by atoms with Crippen LogP contribution in [-0.2, 0) is 4.84 Å². The summed E-state index contributed by atoms with van der Waals surface area (Å²) < 4.78 is 11.2. The van der Waals surface area contributed by atoms with Crippen molar-refractivity contribution < 1.29 is 19.2 Å². The highest BCUT2D eigenvalue weighted by molar-refractivity contribution is 6.12. The van der Waals surface area contributed by atoms with Gasteiger partial charge in [0, 0.05) is 23.3 Å². The molecule has 0 fully saturated rings. The number of nitro benzene ring substituents is 1. The second kappa shape index (κ2) is 10.1. The van der Waals surface area contributed by atoms with E-state index >= 15 is 0 Å². The average molecular weight is 406 g/mol. The molecular weight excluding hydrogens is 384 g/mol. The number of rotatable bonds is 9. The maximum atomic E-state index is 10.7. The number of oxime groups is 1. The van der Waals surface area contributed by atoms with E-state index in [2.05, 4.69) is 5.16 Å². The molecule has 154 valence electrons. The van der Waals surface area contributed by atoms with Crippen LogP contribution < -0.4 is 9.47 Å². The summed E-state index contributed by atoms with van der Waals surface area (Å²) in [7, 11) is 1.52. The predicted molar refractivity (Wildman–Crippen MR) is 114 cm³/mol. The lowest BCUT2D eigenvalue weighted by Crippen LogP contribution is -2.09. The van der Waals surface area contributed by atoms with Gasteiger partial charge in [-0.2, -0.15) is 0 Å². The molecule has 0 spiro atoms. The van der Waals surface area contributed by atoms with Crippen LogP contribution in [0, 0.1) is 17.0 Å². The summed E-state index contributed by atoms with van der Waals surface area (Å²) in [4.78, 5) is 15.2. The first-order valence-electron chi connectivity index (χ1n) is 9.35. The van der Waals surface area contributed by atoms with Crippen LogP contribution in [0.25, 0.3) is 0 Å². The Labute approximate surface area is 174 Å². The monoisotopic (exact) mass is 406 g/mol. The fourth-order valence-electron chi connectivity index (χ4n) is 2.77. The highest BCUT2D eigenvalue weighted by atomic mass is 16.6. The minimum absolute atomic E-state index is 0.0284. The van der Waals surface area contributed by atoms with Gasteiger partial charge in [0.25, 0.3) is 5.69 Å². The summed E-state index contributed by atoms with van der Waals surface area (Å²) in [6, 6.07) is 21.6. The van der Waals surface area contributed by atoms with Crippen LogP contribution >= 0.6 is 0 Å². The summed E-state index contributed by atoms with van der Waals surface area (Å²) in [5.74, 6) is 1.25. The fourth-order valence-corrected chi connectivity index (χ4v) is 2.77. The van der Waals surface area contributed by atoms with Gasteiger partial charge in [0.05, 0.1) is 4.92 Å². The Bertz CT molecular complexity index is 997. The molecule has 0 saturated heterocycles. The average Bonchev–Trinajstić information content (AvgIpc) is 2.77. The standard InChI is InChI=1S/C23H22N2O5/c1-17-3-5-18(6-4-17)23(24-28-2)19-7-11-21(12-8-19)29-15-16-30-22-13-9-20(10-14-22)25(26)27/h3-14H,15-16H2,1-2H3/b24-23+. The van der Waals surface area contributed by atoms with Crippen molar-refractivity contribution in [1.82, 2.24) is 0 Å². The molecule has 0 heterocycles.